The van der Waals surface area contributed by atoms with E-state index in [-0.39, 0.29) is 17.1 Å². The summed E-state index contributed by atoms with van der Waals surface area (Å²) < 4.78 is 18.6. The number of halogens is 2. The van der Waals surface area contributed by atoms with E-state index in [0.717, 1.165) is 29.0 Å². The predicted octanol–water partition coefficient (Wildman–Crippen LogP) is 4.47. The van der Waals surface area contributed by atoms with Crippen molar-refractivity contribution in [2.24, 2.45) is 0 Å². The van der Waals surface area contributed by atoms with Gasteiger partial charge in [-0.3, -0.25) is 9.59 Å². The van der Waals surface area contributed by atoms with Gasteiger partial charge in [-0.15, -0.1) is 0 Å². The van der Waals surface area contributed by atoms with Crippen LogP contribution in [0.1, 0.15) is 18.4 Å². The Hall–Kier alpha value is -2.86. The van der Waals surface area contributed by atoms with Crippen molar-refractivity contribution >= 4 is 40.1 Å². The number of benzene rings is 2. The Balaban J connectivity index is 1.41. The quantitative estimate of drug-likeness (QED) is 0.587. The molecule has 0 radical (unpaired) electrons. The summed E-state index contributed by atoms with van der Waals surface area (Å²) in [6, 6.07) is 11.8. The highest BCUT2D eigenvalue weighted by molar-refractivity contribution is 6.30. The van der Waals surface area contributed by atoms with E-state index in [9.17, 15) is 14.0 Å². The zero-order valence-electron chi connectivity index (χ0n) is 14.4. The Bertz CT molecular complexity index is 971. The predicted molar refractivity (Wildman–Crippen MR) is 102 cm³/mol. The molecule has 0 bridgehead atoms. The van der Waals surface area contributed by atoms with Gasteiger partial charge in [0.1, 0.15) is 5.82 Å². The number of hydrogen-bond acceptors (Lipinski definition) is 3. The van der Waals surface area contributed by atoms with Gasteiger partial charge < -0.3 is 15.0 Å². The van der Waals surface area contributed by atoms with Crippen LogP contribution in [0.3, 0.4) is 0 Å². The van der Waals surface area contributed by atoms with Gasteiger partial charge >= 0.3 is 5.97 Å². The molecule has 7 heteroatoms. The van der Waals surface area contributed by atoms with Crippen LogP contribution in [0, 0.1) is 5.82 Å². The summed E-state index contributed by atoms with van der Waals surface area (Å²) in [6.45, 7) is -0.464. The largest absolute Gasteiger partial charge is 0.456 e. The van der Waals surface area contributed by atoms with Gasteiger partial charge in [-0.05, 0) is 42.7 Å². The molecule has 140 valence electrons. The molecule has 2 aromatic carbocycles. The Labute approximate surface area is 160 Å². The number of nitrogens with one attached hydrogen (secondary N) is 2. The summed E-state index contributed by atoms with van der Waals surface area (Å²) in [7, 11) is 0. The number of esters is 1. The summed E-state index contributed by atoms with van der Waals surface area (Å²) in [5.74, 6) is -1.73. The molecule has 0 saturated carbocycles. The van der Waals surface area contributed by atoms with Crippen molar-refractivity contribution in [2.45, 2.75) is 19.3 Å². The number of hydrogen-bond donors (Lipinski definition) is 2. The smallest absolute Gasteiger partial charge is 0.306 e. The van der Waals surface area contributed by atoms with Gasteiger partial charge in [-0.1, -0.05) is 29.8 Å². The molecule has 3 rings (SSSR count). The zero-order chi connectivity index (χ0) is 19.2. The van der Waals surface area contributed by atoms with E-state index in [1.807, 2.05) is 30.5 Å². The monoisotopic (exact) mass is 388 g/mol. The SMILES string of the molecule is O=C(COC(=O)CCCc1c[nH]c2ccccc12)Nc1ccc(Cl)cc1F. The molecule has 0 atom stereocenters. The molecule has 27 heavy (non-hydrogen) atoms. The van der Waals surface area contributed by atoms with Crippen molar-refractivity contribution in [3.63, 3.8) is 0 Å². The fraction of sp³-hybridized carbons (Fsp3) is 0.200. The van der Waals surface area contributed by atoms with Crippen molar-refractivity contribution in [2.75, 3.05) is 11.9 Å². The van der Waals surface area contributed by atoms with Crippen LogP contribution in [0.5, 0.6) is 0 Å². The van der Waals surface area contributed by atoms with E-state index >= 15 is 0 Å². The number of rotatable bonds is 7. The van der Waals surface area contributed by atoms with E-state index in [2.05, 4.69) is 10.3 Å². The van der Waals surface area contributed by atoms with Crippen LogP contribution in [0.25, 0.3) is 10.9 Å². The molecule has 1 aromatic heterocycles. The number of aryl methyl sites for hydroxylation is 1. The summed E-state index contributed by atoms with van der Waals surface area (Å²) >= 11 is 5.65. The first-order valence-electron chi connectivity index (χ1n) is 8.48. The maximum atomic E-state index is 13.6. The number of fused-ring (bicyclic) bond motifs is 1. The zero-order valence-corrected chi connectivity index (χ0v) is 15.2. The van der Waals surface area contributed by atoms with E-state index in [0.29, 0.717) is 6.42 Å². The topological polar surface area (TPSA) is 71.2 Å². The molecular weight excluding hydrogens is 371 g/mol. The molecule has 0 aliphatic rings. The molecule has 1 heterocycles. The summed E-state index contributed by atoms with van der Waals surface area (Å²) in [5.41, 5.74) is 2.18. The molecule has 5 nitrogen and oxygen atoms in total. The number of carbonyl (C=O) groups is 2. The minimum atomic E-state index is -0.652. The van der Waals surface area contributed by atoms with E-state index in [4.69, 9.17) is 16.3 Å². The summed E-state index contributed by atoms with van der Waals surface area (Å²) in [4.78, 5) is 26.8. The molecule has 0 aliphatic carbocycles. The first-order chi connectivity index (χ1) is 13.0. The van der Waals surface area contributed by atoms with Crippen LogP contribution in [0.15, 0.2) is 48.7 Å². The van der Waals surface area contributed by atoms with Crippen molar-refractivity contribution in [3.05, 3.63) is 65.1 Å². The second-order valence-corrected chi connectivity index (χ2v) is 6.48. The highest BCUT2D eigenvalue weighted by Crippen LogP contribution is 2.20. The molecule has 0 fully saturated rings. The number of para-hydroxylation sites is 1. The molecule has 0 saturated heterocycles. The van der Waals surface area contributed by atoms with Gasteiger partial charge in [0.15, 0.2) is 6.61 Å². The van der Waals surface area contributed by atoms with Gasteiger partial charge in [0, 0.05) is 28.5 Å². The lowest BCUT2D eigenvalue weighted by atomic mass is 10.1. The van der Waals surface area contributed by atoms with Crippen molar-refractivity contribution in [1.82, 2.24) is 4.98 Å². The van der Waals surface area contributed by atoms with E-state index in [1.54, 1.807) is 0 Å². The highest BCUT2D eigenvalue weighted by atomic mass is 35.5. The third-order valence-corrected chi connectivity index (χ3v) is 4.31. The number of amides is 1. The second kappa shape index (κ2) is 8.68. The van der Waals surface area contributed by atoms with Crippen LogP contribution in [-0.2, 0) is 20.7 Å². The van der Waals surface area contributed by atoms with Crippen LogP contribution in [-0.4, -0.2) is 23.5 Å². The van der Waals surface area contributed by atoms with E-state index in [1.165, 1.54) is 12.1 Å². The third-order valence-electron chi connectivity index (χ3n) is 4.07. The van der Waals surface area contributed by atoms with Crippen molar-refractivity contribution in [3.8, 4) is 0 Å². The number of aromatic amines is 1. The minimum absolute atomic E-state index is 0.0141. The molecular formula is C20H18ClFN2O3. The number of carbonyl (C=O) groups excluding carboxylic acids is 2. The Morgan fingerprint density at radius 3 is 2.81 bits per heavy atom. The normalized spacial score (nSPS) is 10.7. The lowest BCUT2D eigenvalue weighted by Gasteiger charge is -2.07. The van der Waals surface area contributed by atoms with Crippen LogP contribution < -0.4 is 5.32 Å². The van der Waals surface area contributed by atoms with Crippen LogP contribution in [0.4, 0.5) is 10.1 Å². The van der Waals surface area contributed by atoms with Gasteiger partial charge in [-0.2, -0.15) is 0 Å². The fourth-order valence-electron chi connectivity index (χ4n) is 2.76. The Morgan fingerprint density at radius 1 is 1.19 bits per heavy atom. The molecule has 0 aliphatic heterocycles. The average molecular weight is 389 g/mol. The Kier molecular flexibility index (Phi) is 6.08. The standard InChI is InChI=1S/C20H18ClFN2O3/c21-14-8-9-18(16(22)10-14)24-19(25)12-27-20(26)7-3-4-13-11-23-17-6-2-1-5-15(13)17/h1-2,5-6,8-11,23H,3-4,7,12H2,(H,24,25). The first-order valence-corrected chi connectivity index (χ1v) is 8.86. The number of ether oxygens (including phenoxy) is 1. The number of aromatic nitrogens is 1. The molecule has 0 spiro atoms. The average Bonchev–Trinajstić information content (AvgIpc) is 3.06. The maximum absolute atomic E-state index is 13.6. The van der Waals surface area contributed by atoms with Gasteiger partial charge in [0.2, 0.25) is 0 Å². The van der Waals surface area contributed by atoms with Gasteiger partial charge in [0.25, 0.3) is 5.91 Å². The van der Waals surface area contributed by atoms with Gasteiger partial charge in [-0.25, -0.2) is 4.39 Å². The maximum Gasteiger partial charge on any atom is 0.306 e. The number of anilines is 1. The molecule has 3 aromatic rings. The van der Waals surface area contributed by atoms with Gasteiger partial charge in [0.05, 0.1) is 5.69 Å². The lowest BCUT2D eigenvalue weighted by molar-refractivity contribution is -0.147. The van der Waals surface area contributed by atoms with Crippen molar-refractivity contribution in [1.29, 1.82) is 0 Å². The van der Waals surface area contributed by atoms with E-state index < -0.39 is 24.3 Å². The molecule has 0 unspecified atom stereocenters. The van der Waals surface area contributed by atoms with Crippen LogP contribution in [0.2, 0.25) is 5.02 Å². The van der Waals surface area contributed by atoms with Crippen LogP contribution >= 0.6 is 11.6 Å². The highest BCUT2D eigenvalue weighted by Gasteiger charge is 2.11. The lowest BCUT2D eigenvalue weighted by Crippen LogP contribution is -2.21. The molecule has 2 N–H and O–H groups in total. The second-order valence-electron chi connectivity index (χ2n) is 6.05. The first kappa shape index (κ1) is 18.9. The summed E-state index contributed by atoms with van der Waals surface area (Å²) in [6.07, 6.45) is 3.46. The molecule has 1 amide bonds. The fourth-order valence-corrected chi connectivity index (χ4v) is 2.92. The Morgan fingerprint density at radius 2 is 2.00 bits per heavy atom. The summed E-state index contributed by atoms with van der Waals surface area (Å²) in [5, 5.41) is 3.70. The number of H-pyrrole nitrogens is 1. The van der Waals surface area contributed by atoms with Crippen molar-refractivity contribution < 1.29 is 18.7 Å². The third kappa shape index (κ3) is 5.08. The minimum Gasteiger partial charge on any atom is -0.456 e.